The lowest BCUT2D eigenvalue weighted by molar-refractivity contribution is -0.384. The molecule has 0 aliphatic rings. The van der Waals surface area contributed by atoms with Gasteiger partial charge < -0.3 is 5.32 Å². The number of sulfonamides is 1. The highest BCUT2D eigenvalue weighted by atomic mass is 35.5. The summed E-state index contributed by atoms with van der Waals surface area (Å²) in [6, 6.07) is 10.8. The molecule has 0 saturated heterocycles. The lowest BCUT2D eigenvalue weighted by atomic mass is 10.2. The molecule has 0 atom stereocenters. The van der Waals surface area contributed by atoms with Crippen molar-refractivity contribution >= 4 is 38.9 Å². The second-order valence-electron chi connectivity index (χ2n) is 5.93. The first-order valence-corrected chi connectivity index (χ1v) is 10.0. The molecular formula is C17H18ClN3O5S. The van der Waals surface area contributed by atoms with Crippen LogP contribution in [0.25, 0.3) is 0 Å². The number of nitrogens with zero attached hydrogens (tertiary/aromatic N) is 2. The van der Waals surface area contributed by atoms with E-state index in [0.29, 0.717) is 16.1 Å². The highest BCUT2D eigenvalue weighted by molar-refractivity contribution is 7.88. The topological polar surface area (TPSA) is 110 Å². The summed E-state index contributed by atoms with van der Waals surface area (Å²) in [5.74, 6) is -0.615. The Morgan fingerprint density at radius 1 is 1.26 bits per heavy atom. The average Bonchev–Trinajstić information content (AvgIpc) is 2.57. The predicted octanol–water partition coefficient (Wildman–Crippen LogP) is 2.96. The standard InChI is InChI=1S/C17H18ClN3O5S/c1-12-7-8-14(21(23)24)9-16(12)19-17(22)11-20(27(2,25)26)10-13-5-3-4-6-15(13)18/h3-9H,10-11H2,1-2H3,(H,19,22). The molecule has 1 N–H and O–H groups in total. The molecule has 0 fully saturated rings. The smallest absolute Gasteiger partial charge is 0.271 e. The third-order valence-corrected chi connectivity index (χ3v) is 5.36. The number of carbonyl (C=O) groups excluding carboxylic acids is 1. The van der Waals surface area contributed by atoms with Gasteiger partial charge in [-0.05, 0) is 24.1 Å². The zero-order valence-corrected chi connectivity index (χ0v) is 16.2. The number of hydrogen-bond donors (Lipinski definition) is 1. The zero-order chi connectivity index (χ0) is 20.2. The van der Waals surface area contributed by atoms with E-state index < -0.39 is 27.4 Å². The SMILES string of the molecule is Cc1ccc([N+](=O)[O-])cc1NC(=O)CN(Cc1ccccc1Cl)S(C)(=O)=O. The van der Waals surface area contributed by atoms with Gasteiger partial charge in [-0.2, -0.15) is 4.31 Å². The summed E-state index contributed by atoms with van der Waals surface area (Å²) in [6.45, 7) is 1.16. The van der Waals surface area contributed by atoms with Gasteiger partial charge >= 0.3 is 0 Å². The quantitative estimate of drug-likeness (QED) is 0.556. The van der Waals surface area contributed by atoms with Gasteiger partial charge in [-0.1, -0.05) is 35.9 Å². The number of nitrogens with one attached hydrogen (secondary N) is 1. The third kappa shape index (κ3) is 5.75. The first-order valence-electron chi connectivity index (χ1n) is 7.81. The van der Waals surface area contributed by atoms with Crippen LogP contribution in [0, 0.1) is 17.0 Å². The molecule has 2 aromatic rings. The number of amides is 1. The minimum absolute atomic E-state index is 0.0696. The van der Waals surface area contributed by atoms with Crippen molar-refractivity contribution in [1.82, 2.24) is 4.31 Å². The van der Waals surface area contributed by atoms with E-state index in [-0.39, 0.29) is 17.9 Å². The number of nitro benzene ring substituents is 1. The van der Waals surface area contributed by atoms with Crippen molar-refractivity contribution < 1.29 is 18.1 Å². The van der Waals surface area contributed by atoms with Crippen LogP contribution in [0.3, 0.4) is 0 Å². The van der Waals surface area contributed by atoms with Crippen LogP contribution in [0.15, 0.2) is 42.5 Å². The van der Waals surface area contributed by atoms with E-state index in [0.717, 1.165) is 10.6 Å². The Morgan fingerprint density at radius 2 is 1.93 bits per heavy atom. The second kappa shape index (κ2) is 8.47. The Labute approximate surface area is 162 Å². The van der Waals surface area contributed by atoms with Gasteiger partial charge in [-0.3, -0.25) is 14.9 Å². The summed E-state index contributed by atoms with van der Waals surface area (Å²) in [7, 11) is -3.69. The molecule has 0 saturated carbocycles. The van der Waals surface area contributed by atoms with Gasteiger partial charge in [0.2, 0.25) is 15.9 Å². The molecular weight excluding hydrogens is 394 g/mol. The molecule has 0 spiro atoms. The molecule has 0 aliphatic heterocycles. The first-order chi connectivity index (χ1) is 12.6. The van der Waals surface area contributed by atoms with Gasteiger partial charge in [0, 0.05) is 23.7 Å². The maximum atomic E-state index is 12.4. The fourth-order valence-electron chi connectivity index (χ4n) is 2.32. The van der Waals surface area contributed by atoms with Gasteiger partial charge in [-0.15, -0.1) is 0 Å². The molecule has 0 aliphatic carbocycles. The van der Waals surface area contributed by atoms with E-state index >= 15 is 0 Å². The van der Waals surface area contributed by atoms with Crippen molar-refractivity contribution in [3.8, 4) is 0 Å². The van der Waals surface area contributed by atoms with E-state index in [1.165, 1.54) is 18.2 Å². The van der Waals surface area contributed by atoms with Crippen molar-refractivity contribution in [1.29, 1.82) is 0 Å². The molecule has 0 heterocycles. The minimum atomic E-state index is -3.69. The van der Waals surface area contributed by atoms with Crippen molar-refractivity contribution in [3.05, 3.63) is 68.7 Å². The normalized spacial score (nSPS) is 11.4. The summed E-state index contributed by atoms with van der Waals surface area (Å²) < 4.78 is 25.1. The fourth-order valence-corrected chi connectivity index (χ4v) is 3.24. The Balaban J connectivity index is 2.19. The highest BCUT2D eigenvalue weighted by Crippen LogP contribution is 2.22. The van der Waals surface area contributed by atoms with Crippen molar-refractivity contribution in [2.24, 2.45) is 0 Å². The molecule has 10 heteroatoms. The van der Waals surface area contributed by atoms with E-state index in [4.69, 9.17) is 11.6 Å². The lowest BCUT2D eigenvalue weighted by Gasteiger charge is -2.20. The van der Waals surface area contributed by atoms with Crippen molar-refractivity contribution in [2.75, 3.05) is 18.1 Å². The molecule has 27 heavy (non-hydrogen) atoms. The van der Waals surface area contributed by atoms with Crippen LogP contribution >= 0.6 is 11.6 Å². The molecule has 8 nitrogen and oxygen atoms in total. The van der Waals surface area contributed by atoms with Crippen molar-refractivity contribution in [3.63, 3.8) is 0 Å². The Kier molecular flexibility index (Phi) is 6.53. The van der Waals surface area contributed by atoms with Crippen LogP contribution in [-0.2, 0) is 21.4 Å². The molecule has 2 aromatic carbocycles. The van der Waals surface area contributed by atoms with Gasteiger partial charge in [0.05, 0.1) is 23.4 Å². The van der Waals surface area contributed by atoms with E-state index in [1.54, 1.807) is 31.2 Å². The van der Waals surface area contributed by atoms with Gasteiger partial charge in [0.25, 0.3) is 5.69 Å². The monoisotopic (exact) mass is 411 g/mol. The number of anilines is 1. The predicted molar refractivity (Wildman–Crippen MR) is 103 cm³/mol. The molecule has 144 valence electrons. The summed E-state index contributed by atoms with van der Waals surface area (Å²) >= 11 is 6.07. The number of nitro groups is 1. The van der Waals surface area contributed by atoms with Gasteiger partial charge in [0.1, 0.15) is 0 Å². The maximum Gasteiger partial charge on any atom is 0.271 e. The number of aryl methyl sites for hydroxylation is 1. The maximum absolute atomic E-state index is 12.4. The molecule has 0 bridgehead atoms. The molecule has 1 amide bonds. The van der Waals surface area contributed by atoms with E-state index in [1.807, 2.05) is 0 Å². The molecule has 0 unspecified atom stereocenters. The lowest BCUT2D eigenvalue weighted by Crippen LogP contribution is -2.37. The fraction of sp³-hybridized carbons (Fsp3) is 0.235. The molecule has 0 radical (unpaired) electrons. The zero-order valence-electron chi connectivity index (χ0n) is 14.7. The largest absolute Gasteiger partial charge is 0.324 e. The van der Waals surface area contributed by atoms with Crippen molar-refractivity contribution in [2.45, 2.75) is 13.5 Å². The van der Waals surface area contributed by atoms with Gasteiger partial charge in [-0.25, -0.2) is 8.42 Å². The summed E-state index contributed by atoms with van der Waals surface area (Å²) in [5.41, 5.74) is 1.25. The Morgan fingerprint density at radius 3 is 2.52 bits per heavy atom. The Bertz CT molecular complexity index is 978. The minimum Gasteiger partial charge on any atom is -0.324 e. The molecule has 2 rings (SSSR count). The summed E-state index contributed by atoms with van der Waals surface area (Å²) in [5, 5.41) is 13.8. The van der Waals surface area contributed by atoms with Crippen LogP contribution in [0.5, 0.6) is 0 Å². The summed E-state index contributed by atoms with van der Waals surface area (Å²) in [6.07, 6.45) is 0.996. The summed E-state index contributed by atoms with van der Waals surface area (Å²) in [4.78, 5) is 22.7. The number of non-ortho nitro benzene ring substituents is 1. The second-order valence-corrected chi connectivity index (χ2v) is 8.32. The van der Waals surface area contributed by atoms with Crippen LogP contribution in [0.2, 0.25) is 5.02 Å². The van der Waals surface area contributed by atoms with E-state index in [9.17, 15) is 23.3 Å². The average molecular weight is 412 g/mol. The first kappa shape index (κ1) is 20.8. The number of rotatable bonds is 7. The van der Waals surface area contributed by atoms with Crippen LogP contribution < -0.4 is 5.32 Å². The third-order valence-electron chi connectivity index (χ3n) is 3.80. The number of carbonyl (C=O) groups is 1. The molecule has 0 aromatic heterocycles. The highest BCUT2D eigenvalue weighted by Gasteiger charge is 2.22. The number of benzene rings is 2. The Hall–Kier alpha value is -2.49. The van der Waals surface area contributed by atoms with E-state index in [2.05, 4.69) is 5.32 Å². The van der Waals surface area contributed by atoms with Crippen LogP contribution in [-0.4, -0.2) is 36.4 Å². The number of hydrogen-bond acceptors (Lipinski definition) is 5. The van der Waals surface area contributed by atoms with Gasteiger partial charge in [0.15, 0.2) is 0 Å². The van der Waals surface area contributed by atoms with Crippen LogP contribution in [0.4, 0.5) is 11.4 Å². The number of halogens is 1. The van der Waals surface area contributed by atoms with Crippen LogP contribution in [0.1, 0.15) is 11.1 Å².